The largest absolute Gasteiger partial charge is 0.454 e. The maximum atomic E-state index is 6.19. The van der Waals surface area contributed by atoms with E-state index >= 15 is 0 Å². The van der Waals surface area contributed by atoms with Gasteiger partial charge in [-0.15, -0.1) is 0 Å². The van der Waals surface area contributed by atoms with Crippen molar-refractivity contribution in [3.8, 4) is 11.1 Å². The SMILES string of the molecule is CCCCCCOCCCCc1ccc(-c2cnc(C3=COC(c4ccccc4CCCCOCCCCCC)O3)nc2)cc1. The number of hydrogen-bond acceptors (Lipinski definition) is 6. The van der Waals surface area contributed by atoms with Crippen molar-refractivity contribution < 1.29 is 18.9 Å². The van der Waals surface area contributed by atoms with Crippen molar-refractivity contribution >= 4 is 5.76 Å². The third-order valence-corrected chi connectivity index (χ3v) is 8.27. The average molecular weight is 615 g/mol. The van der Waals surface area contributed by atoms with E-state index in [-0.39, 0.29) is 0 Å². The summed E-state index contributed by atoms with van der Waals surface area (Å²) in [4.78, 5) is 9.20. The normalized spacial score (nSPS) is 14.3. The van der Waals surface area contributed by atoms with Gasteiger partial charge in [0.15, 0.2) is 5.82 Å². The van der Waals surface area contributed by atoms with Gasteiger partial charge in [-0.05, 0) is 68.1 Å². The molecule has 2 aromatic carbocycles. The molecule has 6 heteroatoms. The summed E-state index contributed by atoms with van der Waals surface area (Å²) in [6.45, 7) is 7.93. The van der Waals surface area contributed by atoms with Crippen LogP contribution in [0.15, 0.2) is 67.2 Å². The first-order valence-electron chi connectivity index (χ1n) is 17.5. The summed E-state index contributed by atoms with van der Waals surface area (Å²) in [7, 11) is 0. The van der Waals surface area contributed by atoms with Crippen LogP contribution in [0, 0.1) is 0 Å². The number of ether oxygens (including phenoxy) is 4. The summed E-state index contributed by atoms with van der Waals surface area (Å²) < 4.78 is 23.7. The third-order valence-electron chi connectivity index (χ3n) is 8.27. The monoisotopic (exact) mass is 614 g/mol. The Morgan fingerprint density at radius 1 is 0.622 bits per heavy atom. The molecule has 1 aliphatic heterocycles. The maximum absolute atomic E-state index is 6.19. The second-order valence-corrected chi connectivity index (χ2v) is 12.0. The summed E-state index contributed by atoms with van der Waals surface area (Å²) in [5.41, 5.74) is 5.72. The Labute approximate surface area is 271 Å². The minimum absolute atomic E-state index is 0.487. The zero-order valence-electron chi connectivity index (χ0n) is 27.7. The molecule has 2 heterocycles. The van der Waals surface area contributed by atoms with Crippen molar-refractivity contribution in [1.29, 1.82) is 0 Å². The Morgan fingerprint density at radius 2 is 1.22 bits per heavy atom. The second-order valence-electron chi connectivity index (χ2n) is 12.0. The fourth-order valence-corrected chi connectivity index (χ4v) is 5.52. The quantitative estimate of drug-likeness (QED) is 0.0991. The fraction of sp³-hybridized carbons (Fsp3) is 0.538. The molecular weight excluding hydrogens is 560 g/mol. The molecule has 0 bridgehead atoms. The first kappa shape index (κ1) is 34.6. The second kappa shape index (κ2) is 20.7. The number of rotatable bonds is 23. The van der Waals surface area contributed by atoms with Crippen LogP contribution in [-0.2, 0) is 31.8 Å². The van der Waals surface area contributed by atoms with Crippen molar-refractivity contribution in [1.82, 2.24) is 9.97 Å². The molecule has 3 aromatic rings. The fourth-order valence-electron chi connectivity index (χ4n) is 5.52. The van der Waals surface area contributed by atoms with Gasteiger partial charge in [0.2, 0.25) is 5.76 Å². The van der Waals surface area contributed by atoms with Crippen molar-refractivity contribution in [2.24, 2.45) is 0 Å². The zero-order chi connectivity index (χ0) is 31.4. The van der Waals surface area contributed by atoms with Gasteiger partial charge in [0, 0.05) is 49.9 Å². The highest BCUT2D eigenvalue weighted by atomic mass is 16.7. The number of nitrogens with zero attached hydrogens (tertiary/aromatic N) is 2. The van der Waals surface area contributed by atoms with Gasteiger partial charge >= 0.3 is 0 Å². The molecule has 0 fully saturated rings. The number of unbranched alkanes of at least 4 members (excludes halogenated alkanes) is 8. The molecule has 0 saturated carbocycles. The Balaban J connectivity index is 1.18. The molecule has 45 heavy (non-hydrogen) atoms. The molecule has 244 valence electrons. The molecule has 0 N–H and O–H groups in total. The summed E-state index contributed by atoms with van der Waals surface area (Å²) in [5, 5.41) is 0. The van der Waals surface area contributed by atoms with Gasteiger partial charge in [-0.2, -0.15) is 0 Å². The topological polar surface area (TPSA) is 62.7 Å². The lowest BCUT2D eigenvalue weighted by Crippen LogP contribution is -2.05. The summed E-state index contributed by atoms with van der Waals surface area (Å²) in [6, 6.07) is 17.1. The Hall–Kier alpha value is -3.22. The van der Waals surface area contributed by atoms with E-state index in [1.54, 1.807) is 6.26 Å². The van der Waals surface area contributed by atoms with E-state index in [2.05, 4.69) is 66.3 Å². The van der Waals surface area contributed by atoms with Gasteiger partial charge in [0.1, 0.15) is 6.26 Å². The first-order valence-corrected chi connectivity index (χ1v) is 17.5. The standard InChI is InChI=1S/C39H54N2O4/c1-3-5-7-13-25-42-27-15-11-17-32-21-23-33(24-22-32)35-29-40-38(41-30-35)37-31-44-39(45-37)36-20-10-9-18-34(36)19-12-16-28-43-26-14-8-6-4-2/h9-10,18,20-24,29-31,39H,3-8,11-17,19,25-28H2,1-2H3. The van der Waals surface area contributed by atoms with Crippen LogP contribution in [0.1, 0.15) is 120 Å². The van der Waals surface area contributed by atoms with Crippen LogP contribution in [0.2, 0.25) is 0 Å². The smallest absolute Gasteiger partial charge is 0.267 e. The van der Waals surface area contributed by atoms with E-state index in [1.807, 2.05) is 18.5 Å². The van der Waals surface area contributed by atoms with Crippen LogP contribution >= 0.6 is 0 Å². The van der Waals surface area contributed by atoms with E-state index in [9.17, 15) is 0 Å². The van der Waals surface area contributed by atoms with Crippen molar-refractivity contribution in [2.75, 3.05) is 26.4 Å². The number of aryl methyl sites for hydroxylation is 2. The Morgan fingerprint density at radius 3 is 1.87 bits per heavy atom. The van der Waals surface area contributed by atoms with E-state index in [4.69, 9.17) is 18.9 Å². The lowest BCUT2D eigenvalue weighted by molar-refractivity contribution is -0.0181. The Kier molecular flexibility index (Phi) is 16.0. The minimum atomic E-state index is -0.487. The highest BCUT2D eigenvalue weighted by molar-refractivity contribution is 5.63. The molecule has 0 aliphatic carbocycles. The summed E-state index contributed by atoms with van der Waals surface area (Å²) >= 11 is 0. The lowest BCUT2D eigenvalue weighted by Gasteiger charge is -2.16. The predicted molar refractivity (Wildman–Crippen MR) is 183 cm³/mol. The van der Waals surface area contributed by atoms with Crippen LogP contribution in [0.4, 0.5) is 0 Å². The first-order chi connectivity index (χ1) is 22.3. The molecule has 6 nitrogen and oxygen atoms in total. The van der Waals surface area contributed by atoms with Crippen LogP contribution in [0.25, 0.3) is 16.9 Å². The summed E-state index contributed by atoms with van der Waals surface area (Å²) in [5.74, 6) is 1.08. The molecule has 0 radical (unpaired) electrons. The van der Waals surface area contributed by atoms with E-state index in [0.717, 1.165) is 88.1 Å². The van der Waals surface area contributed by atoms with Gasteiger partial charge in [0.05, 0.1) is 0 Å². The van der Waals surface area contributed by atoms with E-state index in [1.165, 1.54) is 56.1 Å². The highest BCUT2D eigenvalue weighted by Gasteiger charge is 2.26. The summed E-state index contributed by atoms with van der Waals surface area (Å²) in [6.07, 6.45) is 21.3. The van der Waals surface area contributed by atoms with Crippen LogP contribution in [0.5, 0.6) is 0 Å². The van der Waals surface area contributed by atoms with Gasteiger partial charge in [-0.1, -0.05) is 101 Å². The van der Waals surface area contributed by atoms with Gasteiger partial charge in [-0.3, -0.25) is 0 Å². The molecule has 1 atom stereocenters. The third kappa shape index (κ3) is 12.2. The zero-order valence-corrected chi connectivity index (χ0v) is 27.7. The highest BCUT2D eigenvalue weighted by Crippen LogP contribution is 2.34. The van der Waals surface area contributed by atoms with Crippen LogP contribution in [0.3, 0.4) is 0 Å². The minimum Gasteiger partial charge on any atom is -0.454 e. The van der Waals surface area contributed by atoms with Crippen molar-refractivity contribution in [2.45, 2.75) is 110 Å². The number of aromatic nitrogens is 2. The lowest BCUT2D eigenvalue weighted by atomic mass is 10.0. The predicted octanol–water partition coefficient (Wildman–Crippen LogP) is 10.0. The molecule has 1 aromatic heterocycles. The molecule has 1 aliphatic rings. The maximum Gasteiger partial charge on any atom is 0.267 e. The molecule has 4 rings (SSSR count). The molecule has 0 saturated heterocycles. The molecule has 0 spiro atoms. The van der Waals surface area contributed by atoms with E-state index in [0.29, 0.717) is 11.6 Å². The van der Waals surface area contributed by atoms with Gasteiger partial charge < -0.3 is 18.9 Å². The van der Waals surface area contributed by atoms with E-state index < -0.39 is 6.29 Å². The van der Waals surface area contributed by atoms with Crippen LogP contribution in [-0.4, -0.2) is 36.4 Å². The van der Waals surface area contributed by atoms with Gasteiger partial charge in [0.25, 0.3) is 6.29 Å². The molecule has 0 amide bonds. The molecular formula is C39H54N2O4. The van der Waals surface area contributed by atoms with Gasteiger partial charge in [-0.25, -0.2) is 9.97 Å². The average Bonchev–Trinajstić information content (AvgIpc) is 3.58. The molecule has 1 unspecified atom stereocenters. The van der Waals surface area contributed by atoms with Crippen molar-refractivity contribution in [3.05, 3.63) is 89.7 Å². The number of hydrogen-bond donors (Lipinski definition) is 0. The van der Waals surface area contributed by atoms with Crippen molar-refractivity contribution in [3.63, 3.8) is 0 Å². The number of benzene rings is 2. The Bertz CT molecular complexity index is 1240. The van der Waals surface area contributed by atoms with Crippen LogP contribution < -0.4 is 0 Å².